The topological polar surface area (TPSA) is 44.5 Å². The molecule has 4 rings (SSSR count). The SMILES string of the molecule is Cc1noc2cc(COc3ccc4c(c3)OC(C)(C)CC4)c(Cl)cc12. The molecule has 0 radical (unpaired) electrons. The molecule has 0 spiro atoms. The van der Waals surface area contributed by atoms with Gasteiger partial charge in [0.05, 0.1) is 5.69 Å². The summed E-state index contributed by atoms with van der Waals surface area (Å²) in [7, 11) is 0. The van der Waals surface area contributed by atoms with Gasteiger partial charge in [-0.25, -0.2) is 0 Å². The van der Waals surface area contributed by atoms with E-state index in [-0.39, 0.29) is 5.60 Å². The molecule has 5 heteroatoms. The van der Waals surface area contributed by atoms with E-state index in [1.54, 1.807) is 0 Å². The summed E-state index contributed by atoms with van der Waals surface area (Å²) < 4.78 is 17.3. The molecule has 4 nitrogen and oxygen atoms in total. The average molecular weight is 358 g/mol. The Morgan fingerprint density at radius 2 is 2.08 bits per heavy atom. The van der Waals surface area contributed by atoms with Crippen LogP contribution in [0.3, 0.4) is 0 Å². The molecular weight excluding hydrogens is 338 g/mol. The predicted octanol–water partition coefficient (Wildman–Crippen LogP) is 5.47. The second-order valence-corrected chi connectivity index (χ2v) is 7.53. The minimum atomic E-state index is -0.135. The van der Waals surface area contributed by atoms with Crippen molar-refractivity contribution in [2.75, 3.05) is 0 Å². The fourth-order valence-corrected chi connectivity index (χ4v) is 3.32. The zero-order chi connectivity index (χ0) is 17.6. The normalized spacial score (nSPS) is 15.7. The van der Waals surface area contributed by atoms with Gasteiger partial charge < -0.3 is 14.0 Å². The summed E-state index contributed by atoms with van der Waals surface area (Å²) in [5.41, 5.74) is 3.51. The maximum absolute atomic E-state index is 6.38. The van der Waals surface area contributed by atoms with Crippen LogP contribution >= 0.6 is 11.6 Å². The standard InChI is InChI=1S/C20H20ClNO3/c1-12-16-10-17(21)14(8-19(16)25-22-12)11-23-15-5-4-13-6-7-20(2,3)24-18(13)9-15/h4-5,8-10H,6-7,11H2,1-3H3. The van der Waals surface area contributed by atoms with Gasteiger partial charge in [-0.3, -0.25) is 0 Å². The van der Waals surface area contributed by atoms with E-state index in [2.05, 4.69) is 25.1 Å². The number of ether oxygens (including phenoxy) is 2. The molecular formula is C20H20ClNO3. The van der Waals surface area contributed by atoms with E-state index in [4.69, 9.17) is 25.6 Å². The highest BCUT2D eigenvalue weighted by Crippen LogP contribution is 2.36. The zero-order valence-electron chi connectivity index (χ0n) is 14.6. The molecule has 0 bridgehead atoms. The Hall–Kier alpha value is -2.20. The summed E-state index contributed by atoms with van der Waals surface area (Å²) in [4.78, 5) is 0. The first-order valence-electron chi connectivity index (χ1n) is 8.40. The van der Waals surface area contributed by atoms with Crippen LogP contribution in [0.4, 0.5) is 0 Å². The third kappa shape index (κ3) is 3.19. The van der Waals surface area contributed by atoms with Crippen LogP contribution in [0.25, 0.3) is 11.0 Å². The lowest BCUT2D eigenvalue weighted by molar-refractivity contribution is 0.0842. The third-order valence-electron chi connectivity index (χ3n) is 4.63. The quantitative estimate of drug-likeness (QED) is 0.623. The van der Waals surface area contributed by atoms with Crippen molar-refractivity contribution in [3.63, 3.8) is 0 Å². The first-order valence-corrected chi connectivity index (χ1v) is 8.78. The number of benzene rings is 2. The maximum Gasteiger partial charge on any atom is 0.167 e. The van der Waals surface area contributed by atoms with Gasteiger partial charge in [0.1, 0.15) is 23.7 Å². The number of hydrogen-bond donors (Lipinski definition) is 0. The van der Waals surface area contributed by atoms with Crippen molar-refractivity contribution < 1.29 is 14.0 Å². The average Bonchev–Trinajstić information content (AvgIpc) is 2.92. The lowest BCUT2D eigenvalue weighted by Crippen LogP contribution is -2.32. The van der Waals surface area contributed by atoms with E-state index >= 15 is 0 Å². The van der Waals surface area contributed by atoms with Crippen molar-refractivity contribution in [3.05, 3.63) is 52.2 Å². The Balaban J connectivity index is 1.55. The molecule has 2 heterocycles. The van der Waals surface area contributed by atoms with Crippen LogP contribution in [0, 0.1) is 6.92 Å². The van der Waals surface area contributed by atoms with Gasteiger partial charge in [-0.05, 0) is 57.4 Å². The molecule has 0 saturated carbocycles. The molecule has 2 aromatic carbocycles. The molecule has 1 aromatic heterocycles. The summed E-state index contributed by atoms with van der Waals surface area (Å²) in [6, 6.07) is 9.77. The number of aromatic nitrogens is 1. The first kappa shape index (κ1) is 16.3. The lowest BCUT2D eigenvalue weighted by Gasteiger charge is -2.32. The summed E-state index contributed by atoms with van der Waals surface area (Å²) in [6.45, 7) is 6.47. The summed E-state index contributed by atoms with van der Waals surface area (Å²) in [5, 5.41) is 5.54. The molecule has 0 aliphatic carbocycles. The van der Waals surface area contributed by atoms with Gasteiger partial charge in [0.25, 0.3) is 0 Å². The van der Waals surface area contributed by atoms with Crippen LogP contribution in [-0.4, -0.2) is 10.8 Å². The molecule has 25 heavy (non-hydrogen) atoms. The summed E-state index contributed by atoms with van der Waals surface area (Å²) in [5.74, 6) is 1.67. The van der Waals surface area contributed by atoms with E-state index in [0.29, 0.717) is 11.6 Å². The third-order valence-corrected chi connectivity index (χ3v) is 4.99. The highest BCUT2D eigenvalue weighted by Gasteiger charge is 2.26. The van der Waals surface area contributed by atoms with Crippen LogP contribution in [0.2, 0.25) is 5.02 Å². The largest absolute Gasteiger partial charge is 0.489 e. The van der Waals surface area contributed by atoms with Crippen molar-refractivity contribution in [3.8, 4) is 11.5 Å². The molecule has 0 fully saturated rings. The number of hydrogen-bond acceptors (Lipinski definition) is 4. The van der Waals surface area contributed by atoms with Crippen LogP contribution in [0.15, 0.2) is 34.9 Å². The molecule has 0 unspecified atom stereocenters. The minimum absolute atomic E-state index is 0.135. The number of aryl methyl sites for hydroxylation is 2. The van der Waals surface area contributed by atoms with Gasteiger partial charge in [-0.15, -0.1) is 0 Å². The molecule has 1 aliphatic rings. The lowest BCUT2D eigenvalue weighted by atomic mass is 9.94. The van der Waals surface area contributed by atoms with Gasteiger partial charge in [-0.1, -0.05) is 22.8 Å². The Labute approximate surface area is 151 Å². The highest BCUT2D eigenvalue weighted by atomic mass is 35.5. The Morgan fingerprint density at radius 3 is 2.92 bits per heavy atom. The van der Waals surface area contributed by atoms with E-state index in [1.807, 2.05) is 31.2 Å². The fourth-order valence-electron chi connectivity index (χ4n) is 3.10. The van der Waals surface area contributed by atoms with Crippen LogP contribution in [0.5, 0.6) is 11.5 Å². The monoisotopic (exact) mass is 357 g/mol. The molecule has 0 saturated heterocycles. The summed E-state index contributed by atoms with van der Waals surface area (Å²) in [6.07, 6.45) is 2.04. The number of fused-ring (bicyclic) bond motifs is 2. The van der Waals surface area contributed by atoms with Crippen molar-refractivity contribution in [1.82, 2.24) is 5.16 Å². The maximum atomic E-state index is 6.38. The number of nitrogens with zero attached hydrogens (tertiary/aromatic N) is 1. The highest BCUT2D eigenvalue weighted by molar-refractivity contribution is 6.32. The molecule has 130 valence electrons. The van der Waals surface area contributed by atoms with E-state index < -0.39 is 0 Å². The van der Waals surface area contributed by atoms with Crippen LogP contribution in [-0.2, 0) is 13.0 Å². The minimum Gasteiger partial charge on any atom is -0.489 e. The van der Waals surface area contributed by atoms with Crippen molar-refractivity contribution in [1.29, 1.82) is 0 Å². The van der Waals surface area contributed by atoms with Gasteiger partial charge in [0.15, 0.2) is 5.58 Å². The van der Waals surface area contributed by atoms with E-state index in [1.165, 1.54) is 5.56 Å². The molecule has 0 N–H and O–H groups in total. The number of halogens is 1. The Bertz CT molecular complexity index is 946. The van der Waals surface area contributed by atoms with Crippen molar-refractivity contribution in [2.45, 2.75) is 45.8 Å². The zero-order valence-corrected chi connectivity index (χ0v) is 15.3. The fraction of sp³-hybridized carbons (Fsp3) is 0.350. The van der Waals surface area contributed by atoms with E-state index in [9.17, 15) is 0 Å². The Morgan fingerprint density at radius 1 is 1.24 bits per heavy atom. The summed E-state index contributed by atoms with van der Waals surface area (Å²) >= 11 is 6.38. The van der Waals surface area contributed by atoms with Gasteiger partial charge in [0.2, 0.25) is 0 Å². The van der Waals surface area contributed by atoms with Crippen molar-refractivity contribution in [2.24, 2.45) is 0 Å². The van der Waals surface area contributed by atoms with Crippen molar-refractivity contribution >= 4 is 22.6 Å². The first-order chi connectivity index (χ1) is 11.9. The Kier molecular flexibility index (Phi) is 3.88. The molecule has 1 aliphatic heterocycles. The predicted molar refractivity (Wildman–Crippen MR) is 97.6 cm³/mol. The van der Waals surface area contributed by atoms with Gasteiger partial charge >= 0.3 is 0 Å². The van der Waals surface area contributed by atoms with Crippen LogP contribution in [0.1, 0.15) is 37.1 Å². The molecule has 0 amide bonds. The van der Waals surface area contributed by atoms with Gasteiger partial charge in [0, 0.05) is 22.0 Å². The molecule has 3 aromatic rings. The van der Waals surface area contributed by atoms with Gasteiger partial charge in [-0.2, -0.15) is 0 Å². The smallest absolute Gasteiger partial charge is 0.167 e. The van der Waals surface area contributed by atoms with Crippen LogP contribution < -0.4 is 9.47 Å². The second kappa shape index (κ2) is 5.95. The van der Waals surface area contributed by atoms with E-state index in [0.717, 1.165) is 46.6 Å². The number of rotatable bonds is 3. The second-order valence-electron chi connectivity index (χ2n) is 7.13. The molecule has 0 atom stereocenters.